The molecule has 6 nitrogen and oxygen atoms in total. The maximum absolute atomic E-state index is 12.1. The van der Waals surface area contributed by atoms with Gasteiger partial charge in [0.15, 0.2) is 5.78 Å². The molecule has 186 valence electrons. The highest BCUT2D eigenvalue weighted by Gasteiger charge is 2.29. The van der Waals surface area contributed by atoms with E-state index in [1.165, 1.54) is 64.2 Å². The minimum absolute atomic E-state index is 0.0272. The van der Waals surface area contributed by atoms with Gasteiger partial charge in [0.25, 0.3) is 0 Å². The Balaban J connectivity index is 0.000000223. The van der Waals surface area contributed by atoms with Crippen LogP contribution in [-0.2, 0) is 4.79 Å². The van der Waals surface area contributed by atoms with Crippen molar-refractivity contribution in [2.75, 3.05) is 0 Å². The van der Waals surface area contributed by atoms with E-state index in [9.17, 15) is 9.59 Å². The Morgan fingerprint density at radius 3 is 1.85 bits per heavy atom. The third-order valence-electron chi connectivity index (χ3n) is 6.88. The molecular formula is C27H44N2O4. The number of carboxylic acid groups (broad SMARTS) is 1. The van der Waals surface area contributed by atoms with Gasteiger partial charge in [0.1, 0.15) is 11.9 Å². The first-order valence-corrected chi connectivity index (χ1v) is 12.8. The number of ether oxygens (including phenoxy) is 1. The first-order valence-electron chi connectivity index (χ1n) is 12.8. The Bertz CT molecular complexity index is 736. The molecule has 5 N–H and O–H groups in total. The second-order valence-electron chi connectivity index (χ2n) is 10.1. The quantitative estimate of drug-likeness (QED) is 0.555. The van der Waals surface area contributed by atoms with E-state index in [1.54, 1.807) is 25.1 Å². The molecule has 0 spiro atoms. The zero-order valence-corrected chi connectivity index (χ0v) is 20.7. The molecule has 2 unspecified atom stereocenters. The van der Waals surface area contributed by atoms with E-state index in [2.05, 4.69) is 0 Å². The van der Waals surface area contributed by atoms with Crippen molar-refractivity contribution >= 4 is 11.8 Å². The number of aliphatic carboxylic acids is 1. The fourth-order valence-corrected chi connectivity index (χ4v) is 4.42. The highest BCUT2D eigenvalue weighted by Crippen LogP contribution is 2.32. The zero-order valence-electron chi connectivity index (χ0n) is 20.7. The number of ketones is 1. The van der Waals surface area contributed by atoms with Crippen LogP contribution in [-0.4, -0.2) is 35.0 Å². The molecule has 6 heteroatoms. The van der Waals surface area contributed by atoms with Crippen molar-refractivity contribution in [1.29, 1.82) is 0 Å². The van der Waals surface area contributed by atoms with Gasteiger partial charge >= 0.3 is 5.97 Å². The highest BCUT2D eigenvalue weighted by atomic mass is 16.5. The lowest BCUT2D eigenvalue weighted by Gasteiger charge is -2.28. The summed E-state index contributed by atoms with van der Waals surface area (Å²) in [5.74, 6) is -0.657. The van der Waals surface area contributed by atoms with Crippen LogP contribution >= 0.6 is 0 Å². The Hall–Kier alpha value is -1.92. The second-order valence-corrected chi connectivity index (χ2v) is 10.1. The number of carboxylic acids is 1. The van der Waals surface area contributed by atoms with Gasteiger partial charge in [-0.3, -0.25) is 9.59 Å². The molecule has 0 amide bonds. The summed E-state index contributed by atoms with van der Waals surface area (Å²) in [6, 6.07) is 6.14. The lowest BCUT2D eigenvalue weighted by Crippen LogP contribution is -2.31. The van der Waals surface area contributed by atoms with Gasteiger partial charge in [-0.25, -0.2) is 0 Å². The van der Waals surface area contributed by atoms with Crippen molar-refractivity contribution in [1.82, 2.24) is 0 Å². The topological polar surface area (TPSA) is 116 Å². The van der Waals surface area contributed by atoms with Gasteiger partial charge in [0, 0.05) is 18.5 Å². The minimum atomic E-state index is -0.899. The number of fused-ring (bicyclic) bond motifs is 1. The van der Waals surface area contributed by atoms with Crippen LogP contribution < -0.4 is 16.2 Å². The SMILES string of the molecule is CC(C(=O)O)c1ccc2c(c1)C(=O)CC(C(C)C)O2.NC1CCCCC1.NC1CCCCC1. The predicted octanol–water partition coefficient (Wildman–Crippen LogP) is 5.42. The summed E-state index contributed by atoms with van der Waals surface area (Å²) in [5.41, 5.74) is 12.4. The fraction of sp³-hybridized carbons (Fsp3) is 0.704. The van der Waals surface area contributed by atoms with E-state index in [-0.39, 0.29) is 17.8 Å². The smallest absolute Gasteiger partial charge is 0.310 e. The summed E-state index contributed by atoms with van der Waals surface area (Å²) in [7, 11) is 0. The third-order valence-corrected chi connectivity index (χ3v) is 6.88. The van der Waals surface area contributed by atoms with Crippen LogP contribution in [0, 0.1) is 5.92 Å². The standard InChI is InChI=1S/C15H18O4.2C6H13N/c1-8(2)14-7-12(16)11-6-10(9(3)15(17)18)4-5-13(11)19-14;2*7-6-4-2-1-3-5-6/h4-6,8-9,14H,7H2,1-3H3,(H,17,18);2*6H,1-5,7H2. The molecule has 0 radical (unpaired) electrons. The second kappa shape index (κ2) is 13.7. The van der Waals surface area contributed by atoms with Crippen molar-refractivity contribution in [3.8, 4) is 5.75 Å². The maximum atomic E-state index is 12.1. The number of hydrogen-bond donors (Lipinski definition) is 3. The van der Waals surface area contributed by atoms with Gasteiger partial charge in [-0.1, -0.05) is 58.4 Å². The molecule has 1 heterocycles. The zero-order chi connectivity index (χ0) is 24.4. The number of Topliss-reactive ketones (excluding diaryl/α,β-unsaturated/α-hetero) is 1. The first-order chi connectivity index (χ1) is 15.7. The number of nitrogens with two attached hydrogens (primary N) is 2. The van der Waals surface area contributed by atoms with Crippen LogP contribution in [0.1, 0.15) is 113 Å². The molecule has 2 saturated carbocycles. The molecule has 1 aromatic rings. The van der Waals surface area contributed by atoms with Crippen molar-refractivity contribution in [2.24, 2.45) is 17.4 Å². The van der Waals surface area contributed by atoms with Crippen molar-refractivity contribution in [2.45, 2.75) is 116 Å². The number of carbonyl (C=O) groups is 2. The van der Waals surface area contributed by atoms with Gasteiger partial charge in [-0.15, -0.1) is 0 Å². The van der Waals surface area contributed by atoms with Crippen LogP contribution in [0.4, 0.5) is 0 Å². The van der Waals surface area contributed by atoms with E-state index in [1.807, 2.05) is 13.8 Å². The Kier molecular flexibility index (Phi) is 11.3. The largest absolute Gasteiger partial charge is 0.489 e. The lowest BCUT2D eigenvalue weighted by molar-refractivity contribution is -0.138. The van der Waals surface area contributed by atoms with Crippen molar-refractivity contribution in [3.05, 3.63) is 29.3 Å². The van der Waals surface area contributed by atoms with Crippen LogP contribution in [0.15, 0.2) is 18.2 Å². The highest BCUT2D eigenvalue weighted by molar-refractivity contribution is 6.00. The number of rotatable bonds is 3. The molecule has 2 atom stereocenters. The average Bonchev–Trinajstić information content (AvgIpc) is 2.80. The van der Waals surface area contributed by atoms with E-state index >= 15 is 0 Å². The summed E-state index contributed by atoms with van der Waals surface area (Å²) >= 11 is 0. The van der Waals surface area contributed by atoms with E-state index in [0.29, 0.717) is 35.4 Å². The van der Waals surface area contributed by atoms with Crippen LogP contribution in [0.5, 0.6) is 5.75 Å². The number of hydrogen-bond acceptors (Lipinski definition) is 5. The molecule has 33 heavy (non-hydrogen) atoms. The first kappa shape index (κ1) is 27.3. The molecule has 2 aliphatic carbocycles. The van der Waals surface area contributed by atoms with Gasteiger partial charge in [-0.2, -0.15) is 0 Å². The average molecular weight is 461 g/mol. The Morgan fingerprint density at radius 1 is 0.939 bits per heavy atom. The molecule has 2 fully saturated rings. The van der Waals surface area contributed by atoms with Crippen molar-refractivity contribution in [3.63, 3.8) is 0 Å². The van der Waals surface area contributed by atoms with Crippen LogP contribution in [0.3, 0.4) is 0 Å². The summed E-state index contributed by atoms with van der Waals surface area (Å²) in [4.78, 5) is 23.1. The maximum Gasteiger partial charge on any atom is 0.310 e. The molecular weight excluding hydrogens is 416 g/mol. The molecule has 0 bridgehead atoms. The lowest BCUT2D eigenvalue weighted by atomic mass is 9.91. The van der Waals surface area contributed by atoms with Gasteiger partial charge in [0.2, 0.25) is 0 Å². The van der Waals surface area contributed by atoms with E-state index < -0.39 is 11.9 Å². The fourth-order valence-electron chi connectivity index (χ4n) is 4.42. The van der Waals surface area contributed by atoms with Crippen molar-refractivity contribution < 1.29 is 19.4 Å². The molecule has 4 rings (SSSR count). The summed E-state index contributed by atoms with van der Waals surface area (Å²) in [6.07, 6.45) is 13.6. The third kappa shape index (κ3) is 9.09. The van der Waals surface area contributed by atoms with Crippen LogP contribution in [0.25, 0.3) is 0 Å². The predicted molar refractivity (Wildman–Crippen MR) is 133 cm³/mol. The molecule has 0 saturated heterocycles. The van der Waals surface area contributed by atoms with Gasteiger partial charge < -0.3 is 21.3 Å². The molecule has 0 aromatic heterocycles. The van der Waals surface area contributed by atoms with E-state index in [4.69, 9.17) is 21.3 Å². The monoisotopic (exact) mass is 460 g/mol. The van der Waals surface area contributed by atoms with Crippen LogP contribution in [0.2, 0.25) is 0 Å². The normalized spacial score (nSPS) is 22.1. The number of benzene rings is 1. The van der Waals surface area contributed by atoms with Gasteiger partial charge in [0.05, 0.1) is 11.5 Å². The molecule has 3 aliphatic rings. The number of carbonyl (C=O) groups excluding carboxylic acids is 1. The Morgan fingerprint density at radius 2 is 1.45 bits per heavy atom. The molecule has 1 aromatic carbocycles. The summed E-state index contributed by atoms with van der Waals surface area (Å²) < 4.78 is 5.79. The summed E-state index contributed by atoms with van der Waals surface area (Å²) in [5, 5.41) is 9.00. The summed E-state index contributed by atoms with van der Waals surface area (Å²) in [6.45, 7) is 5.64. The van der Waals surface area contributed by atoms with Gasteiger partial charge in [-0.05, 0) is 56.2 Å². The molecule has 1 aliphatic heterocycles. The van der Waals surface area contributed by atoms with E-state index in [0.717, 1.165) is 0 Å². The Labute approximate surface area is 199 Å². The minimum Gasteiger partial charge on any atom is -0.489 e.